The smallest absolute Gasteiger partial charge is 0.240 e. The molecule has 0 saturated heterocycles. The number of hydrogen-bond donors (Lipinski definition) is 2. The summed E-state index contributed by atoms with van der Waals surface area (Å²) in [4.78, 5) is 24.3. The van der Waals surface area contributed by atoms with Gasteiger partial charge in [0.25, 0.3) is 0 Å². The second-order valence-corrected chi connectivity index (χ2v) is 8.71. The minimum absolute atomic E-state index is 0.0401. The van der Waals surface area contributed by atoms with E-state index in [9.17, 15) is 9.59 Å². The van der Waals surface area contributed by atoms with Gasteiger partial charge in [-0.3, -0.25) is 9.59 Å². The van der Waals surface area contributed by atoms with Crippen LogP contribution in [-0.2, 0) is 22.8 Å². The fourth-order valence-electron chi connectivity index (χ4n) is 3.59. The molecule has 4 aromatic rings. The average molecular weight is 535 g/mol. The normalized spacial score (nSPS) is 10.9. The number of para-hydroxylation sites is 2. The summed E-state index contributed by atoms with van der Waals surface area (Å²) in [6.07, 6.45) is 2.95. The number of rotatable bonds is 13. The molecule has 0 heterocycles. The van der Waals surface area contributed by atoms with Gasteiger partial charge in [-0.1, -0.05) is 84.9 Å². The van der Waals surface area contributed by atoms with E-state index in [0.29, 0.717) is 24.7 Å². The number of benzene rings is 4. The minimum atomic E-state index is -0.391. The molecule has 4 aromatic carbocycles. The van der Waals surface area contributed by atoms with E-state index < -0.39 is 11.8 Å². The standard InChI is InChI=1S/C32H30N4O4/c37-31(35-33-21-27-15-7-9-17-29(27)39-23-25-11-3-1-4-12-25)19-20-32(38)36-34-22-28-16-8-10-18-30(28)40-24-26-13-5-2-6-14-26/h1-18,21-22H,19-20,23-24H2,(H,35,37)(H,36,38). The first-order chi connectivity index (χ1) is 19.7. The Morgan fingerprint density at radius 2 is 0.925 bits per heavy atom. The van der Waals surface area contributed by atoms with Crippen LogP contribution in [0.1, 0.15) is 35.1 Å². The fourth-order valence-corrected chi connectivity index (χ4v) is 3.59. The van der Waals surface area contributed by atoms with Gasteiger partial charge in [0.05, 0.1) is 12.4 Å². The second-order valence-electron chi connectivity index (χ2n) is 8.71. The van der Waals surface area contributed by atoms with Crippen LogP contribution in [0.2, 0.25) is 0 Å². The third-order valence-electron chi connectivity index (χ3n) is 5.68. The van der Waals surface area contributed by atoms with Crippen LogP contribution in [0.3, 0.4) is 0 Å². The molecule has 0 aliphatic heterocycles. The quantitative estimate of drug-likeness (QED) is 0.181. The zero-order valence-electron chi connectivity index (χ0n) is 21.9. The lowest BCUT2D eigenvalue weighted by atomic mass is 10.2. The van der Waals surface area contributed by atoms with Crippen molar-refractivity contribution in [2.45, 2.75) is 26.1 Å². The molecule has 0 atom stereocenters. The Kier molecular flexibility index (Phi) is 10.6. The van der Waals surface area contributed by atoms with Crippen LogP contribution in [0.25, 0.3) is 0 Å². The first-order valence-electron chi connectivity index (χ1n) is 12.8. The highest BCUT2D eigenvalue weighted by atomic mass is 16.5. The lowest BCUT2D eigenvalue weighted by Gasteiger charge is -2.09. The van der Waals surface area contributed by atoms with E-state index in [-0.39, 0.29) is 12.8 Å². The molecule has 2 amide bonds. The Morgan fingerprint density at radius 3 is 1.35 bits per heavy atom. The number of carbonyl (C=O) groups is 2. The molecule has 0 aromatic heterocycles. The van der Waals surface area contributed by atoms with Crippen molar-refractivity contribution < 1.29 is 19.1 Å². The van der Waals surface area contributed by atoms with E-state index >= 15 is 0 Å². The van der Waals surface area contributed by atoms with Crippen LogP contribution < -0.4 is 20.3 Å². The summed E-state index contributed by atoms with van der Waals surface area (Å²) in [6, 6.07) is 34.5. The molecule has 0 bridgehead atoms. The number of nitrogens with zero attached hydrogens (tertiary/aromatic N) is 2. The third-order valence-corrected chi connectivity index (χ3v) is 5.68. The van der Waals surface area contributed by atoms with Crippen LogP contribution in [0.5, 0.6) is 11.5 Å². The van der Waals surface area contributed by atoms with Crippen molar-refractivity contribution in [3.05, 3.63) is 131 Å². The zero-order valence-corrected chi connectivity index (χ0v) is 21.9. The molecule has 0 aliphatic rings. The molecule has 8 nitrogen and oxygen atoms in total. The number of ether oxygens (including phenoxy) is 2. The van der Waals surface area contributed by atoms with E-state index in [1.165, 1.54) is 12.4 Å². The summed E-state index contributed by atoms with van der Waals surface area (Å²) in [6.45, 7) is 0.837. The number of amides is 2. The highest BCUT2D eigenvalue weighted by Crippen LogP contribution is 2.18. The Labute approximate surface area is 233 Å². The Bertz CT molecular complexity index is 1330. The van der Waals surface area contributed by atoms with E-state index in [4.69, 9.17) is 9.47 Å². The van der Waals surface area contributed by atoms with Gasteiger partial charge in [-0.2, -0.15) is 10.2 Å². The van der Waals surface area contributed by atoms with Gasteiger partial charge in [0.1, 0.15) is 24.7 Å². The molecular weight excluding hydrogens is 504 g/mol. The summed E-state index contributed by atoms with van der Waals surface area (Å²) < 4.78 is 11.8. The van der Waals surface area contributed by atoms with Crippen molar-refractivity contribution in [2.24, 2.45) is 10.2 Å². The fraction of sp³-hybridized carbons (Fsp3) is 0.125. The molecule has 0 fully saturated rings. The van der Waals surface area contributed by atoms with Gasteiger partial charge in [0.2, 0.25) is 11.8 Å². The maximum atomic E-state index is 12.2. The van der Waals surface area contributed by atoms with Gasteiger partial charge in [0.15, 0.2) is 0 Å². The first-order valence-corrected chi connectivity index (χ1v) is 12.8. The molecule has 0 radical (unpaired) electrons. The topological polar surface area (TPSA) is 101 Å². The predicted molar refractivity (Wildman–Crippen MR) is 155 cm³/mol. The van der Waals surface area contributed by atoms with Crippen molar-refractivity contribution in [1.29, 1.82) is 0 Å². The molecule has 0 unspecified atom stereocenters. The van der Waals surface area contributed by atoms with Crippen LogP contribution in [-0.4, -0.2) is 24.2 Å². The van der Waals surface area contributed by atoms with Crippen molar-refractivity contribution in [2.75, 3.05) is 0 Å². The number of nitrogens with one attached hydrogen (secondary N) is 2. The van der Waals surface area contributed by atoms with E-state index in [1.54, 1.807) is 0 Å². The number of carbonyl (C=O) groups excluding carboxylic acids is 2. The third kappa shape index (κ3) is 9.25. The summed E-state index contributed by atoms with van der Waals surface area (Å²) >= 11 is 0. The molecule has 202 valence electrons. The van der Waals surface area contributed by atoms with Crippen LogP contribution >= 0.6 is 0 Å². The largest absolute Gasteiger partial charge is 0.488 e. The van der Waals surface area contributed by atoms with Crippen LogP contribution in [0.15, 0.2) is 119 Å². The van der Waals surface area contributed by atoms with Gasteiger partial charge in [-0.15, -0.1) is 0 Å². The Balaban J connectivity index is 1.19. The van der Waals surface area contributed by atoms with Crippen LogP contribution in [0.4, 0.5) is 0 Å². The molecule has 0 aliphatic carbocycles. The molecular formula is C32H30N4O4. The maximum absolute atomic E-state index is 12.2. The van der Waals surface area contributed by atoms with Crippen molar-refractivity contribution in [1.82, 2.24) is 10.9 Å². The molecule has 40 heavy (non-hydrogen) atoms. The van der Waals surface area contributed by atoms with Crippen molar-refractivity contribution in [3.8, 4) is 11.5 Å². The highest BCUT2D eigenvalue weighted by molar-refractivity contribution is 5.88. The lowest BCUT2D eigenvalue weighted by Crippen LogP contribution is -2.22. The van der Waals surface area contributed by atoms with E-state index in [2.05, 4.69) is 21.1 Å². The maximum Gasteiger partial charge on any atom is 0.240 e. The van der Waals surface area contributed by atoms with E-state index in [0.717, 1.165) is 22.3 Å². The van der Waals surface area contributed by atoms with Gasteiger partial charge in [-0.25, -0.2) is 10.9 Å². The Morgan fingerprint density at radius 1 is 0.550 bits per heavy atom. The monoisotopic (exact) mass is 534 g/mol. The van der Waals surface area contributed by atoms with Crippen LogP contribution in [0, 0.1) is 0 Å². The number of hydrogen-bond acceptors (Lipinski definition) is 6. The summed E-state index contributed by atoms with van der Waals surface area (Å²) in [5.74, 6) is 0.512. The van der Waals surface area contributed by atoms with Crippen molar-refractivity contribution in [3.63, 3.8) is 0 Å². The summed E-state index contributed by atoms with van der Waals surface area (Å²) in [5, 5.41) is 8.01. The van der Waals surface area contributed by atoms with Gasteiger partial charge < -0.3 is 9.47 Å². The Hall–Kier alpha value is -5.24. The first kappa shape index (κ1) is 27.8. The second kappa shape index (κ2) is 15.2. The summed E-state index contributed by atoms with van der Waals surface area (Å²) in [7, 11) is 0. The number of hydrazone groups is 2. The van der Waals surface area contributed by atoms with Gasteiger partial charge in [-0.05, 0) is 35.4 Å². The zero-order chi connectivity index (χ0) is 27.8. The minimum Gasteiger partial charge on any atom is -0.488 e. The van der Waals surface area contributed by atoms with Gasteiger partial charge >= 0.3 is 0 Å². The molecule has 2 N–H and O–H groups in total. The summed E-state index contributed by atoms with van der Waals surface area (Å²) in [5.41, 5.74) is 8.43. The molecule has 0 saturated carbocycles. The SMILES string of the molecule is O=C(CCC(=O)NN=Cc1ccccc1OCc1ccccc1)NN=Cc1ccccc1OCc1ccccc1. The highest BCUT2D eigenvalue weighted by Gasteiger charge is 2.07. The van der Waals surface area contributed by atoms with Crippen molar-refractivity contribution >= 4 is 24.2 Å². The molecule has 4 rings (SSSR count). The predicted octanol–water partition coefficient (Wildman–Crippen LogP) is 5.23. The molecule has 8 heteroatoms. The van der Waals surface area contributed by atoms with Gasteiger partial charge in [0, 0.05) is 24.0 Å². The van der Waals surface area contributed by atoms with E-state index in [1.807, 2.05) is 109 Å². The lowest BCUT2D eigenvalue weighted by molar-refractivity contribution is -0.126. The average Bonchev–Trinajstić information content (AvgIpc) is 3.00. The molecule has 0 spiro atoms.